The fourth-order valence-electron chi connectivity index (χ4n) is 3.97. The van der Waals surface area contributed by atoms with Crippen LogP contribution in [-0.2, 0) is 6.42 Å². The molecule has 1 saturated heterocycles. The van der Waals surface area contributed by atoms with Gasteiger partial charge in [0.15, 0.2) is 0 Å². The predicted molar refractivity (Wildman–Crippen MR) is 127 cm³/mol. The largest absolute Gasteiger partial charge is 0.470 e. The van der Waals surface area contributed by atoms with E-state index in [-0.39, 0.29) is 0 Å². The van der Waals surface area contributed by atoms with Crippen molar-refractivity contribution < 1.29 is 4.74 Å². The Morgan fingerprint density at radius 2 is 1.81 bits per heavy atom. The number of pyridine rings is 2. The molecule has 164 valence electrons. The zero-order chi connectivity index (χ0) is 21.8. The van der Waals surface area contributed by atoms with Crippen LogP contribution in [0.4, 0.5) is 5.95 Å². The summed E-state index contributed by atoms with van der Waals surface area (Å²) in [7, 11) is 0. The SMILES string of the molecule is CCc1cnc(N2CCC(CCOc3nc4ccc(-c5ccncc5)nc4s3)CC2)nc1. The van der Waals surface area contributed by atoms with E-state index in [1.54, 1.807) is 12.4 Å². The van der Waals surface area contributed by atoms with Crippen molar-refractivity contribution in [2.75, 3.05) is 24.6 Å². The summed E-state index contributed by atoms with van der Waals surface area (Å²) < 4.78 is 6.00. The minimum absolute atomic E-state index is 0.659. The molecule has 1 aliphatic heterocycles. The van der Waals surface area contributed by atoms with E-state index in [9.17, 15) is 0 Å². The summed E-state index contributed by atoms with van der Waals surface area (Å²) >= 11 is 1.51. The topological polar surface area (TPSA) is 76.9 Å². The number of fused-ring (bicyclic) bond motifs is 1. The van der Waals surface area contributed by atoms with Crippen molar-refractivity contribution in [3.05, 3.63) is 54.6 Å². The Labute approximate surface area is 191 Å². The Balaban J connectivity index is 1.12. The van der Waals surface area contributed by atoms with E-state index in [1.165, 1.54) is 16.9 Å². The first-order chi connectivity index (χ1) is 15.8. The van der Waals surface area contributed by atoms with Gasteiger partial charge < -0.3 is 9.64 Å². The lowest BCUT2D eigenvalue weighted by Crippen LogP contribution is -2.35. The number of hydrogen-bond donors (Lipinski definition) is 0. The van der Waals surface area contributed by atoms with Crippen molar-refractivity contribution in [3.8, 4) is 16.5 Å². The highest BCUT2D eigenvalue weighted by molar-refractivity contribution is 7.19. The second-order valence-corrected chi connectivity index (χ2v) is 8.99. The van der Waals surface area contributed by atoms with Crippen molar-refractivity contribution in [2.45, 2.75) is 32.6 Å². The van der Waals surface area contributed by atoms with Gasteiger partial charge in [-0.1, -0.05) is 18.3 Å². The molecule has 0 atom stereocenters. The van der Waals surface area contributed by atoms with Crippen LogP contribution in [0.1, 0.15) is 31.7 Å². The van der Waals surface area contributed by atoms with Crippen LogP contribution >= 0.6 is 11.3 Å². The van der Waals surface area contributed by atoms with Crippen molar-refractivity contribution in [1.29, 1.82) is 0 Å². The maximum absolute atomic E-state index is 6.00. The maximum Gasteiger partial charge on any atom is 0.275 e. The van der Waals surface area contributed by atoms with Gasteiger partial charge in [0.25, 0.3) is 5.19 Å². The van der Waals surface area contributed by atoms with Crippen molar-refractivity contribution in [1.82, 2.24) is 24.9 Å². The van der Waals surface area contributed by atoms with E-state index in [0.717, 1.165) is 66.3 Å². The van der Waals surface area contributed by atoms with Gasteiger partial charge in [0, 0.05) is 43.4 Å². The Hall–Kier alpha value is -3.13. The highest BCUT2D eigenvalue weighted by atomic mass is 32.1. The summed E-state index contributed by atoms with van der Waals surface area (Å²) in [5.74, 6) is 1.51. The molecule has 32 heavy (non-hydrogen) atoms. The summed E-state index contributed by atoms with van der Waals surface area (Å²) in [5, 5.41) is 0.696. The molecular formula is C24H26N6OS. The van der Waals surface area contributed by atoms with Gasteiger partial charge >= 0.3 is 0 Å². The lowest BCUT2D eigenvalue weighted by Gasteiger charge is -2.31. The van der Waals surface area contributed by atoms with E-state index < -0.39 is 0 Å². The molecule has 0 spiro atoms. The minimum atomic E-state index is 0.659. The Morgan fingerprint density at radius 1 is 1.03 bits per heavy atom. The summed E-state index contributed by atoms with van der Waals surface area (Å²) in [4.78, 5) is 25.6. The molecule has 0 radical (unpaired) electrons. The Kier molecular flexibility index (Phi) is 6.20. The lowest BCUT2D eigenvalue weighted by molar-refractivity contribution is 0.257. The van der Waals surface area contributed by atoms with Gasteiger partial charge in [-0.05, 0) is 61.4 Å². The summed E-state index contributed by atoms with van der Waals surface area (Å²) in [6, 6.07) is 7.93. The number of piperidine rings is 1. The third-order valence-electron chi connectivity index (χ3n) is 5.96. The van der Waals surface area contributed by atoms with Crippen LogP contribution in [0.3, 0.4) is 0 Å². The van der Waals surface area contributed by atoms with Gasteiger partial charge in [-0.15, -0.1) is 0 Å². The van der Waals surface area contributed by atoms with Crippen molar-refractivity contribution in [3.63, 3.8) is 0 Å². The zero-order valence-electron chi connectivity index (χ0n) is 18.1. The number of rotatable bonds is 7. The van der Waals surface area contributed by atoms with Gasteiger partial charge in [0.1, 0.15) is 10.3 Å². The highest BCUT2D eigenvalue weighted by Crippen LogP contribution is 2.30. The smallest absolute Gasteiger partial charge is 0.275 e. The molecule has 0 bridgehead atoms. The molecule has 4 aromatic heterocycles. The number of ether oxygens (including phenoxy) is 1. The fraction of sp³-hybridized carbons (Fsp3) is 0.375. The zero-order valence-corrected chi connectivity index (χ0v) is 19.0. The number of aromatic nitrogens is 5. The summed E-state index contributed by atoms with van der Waals surface area (Å²) in [5.41, 5.74) is 4.04. The third-order valence-corrected chi connectivity index (χ3v) is 6.84. The van der Waals surface area contributed by atoms with Crippen LogP contribution in [0.2, 0.25) is 0 Å². The third kappa shape index (κ3) is 4.70. The molecule has 4 aromatic rings. The summed E-state index contributed by atoms with van der Waals surface area (Å²) in [6.45, 7) is 4.80. The van der Waals surface area contributed by atoms with E-state index in [1.807, 2.05) is 36.7 Å². The quantitative estimate of drug-likeness (QED) is 0.404. The molecule has 0 unspecified atom stereocenters. The monoisotopic (exact) mass is 446 g/mol. The Bertz CT molecular complexity index is 1160. The first-order valence-electron chi connectivity index (χ1n) is 11.1. The molecule has 1 aliphatic rings. The van der Waals surface area contributed by atoms with Crippen molar-refractivity contribution >= 4 is 27.6 Å². The average molecular weight is 447 g/mol. The molecule has 5 heterocycles. The molecule has 1 fully saturated rings. The maximum atomic E-state index is 6.00. The van der Waals surface area contributed by atoms with Crippen LogP contribution in [0.15, 0.2) is 49.1 Å². The minimum Gasteiger partial charge on any atom is -0.470 e. The molecule has 0 amide bonds. The van der Waals surface area contributed by atoms with Gasteiger partial charge in [-0.25, -0.2) is 19.9 Å². The number of anilines is 1. The van der Waals surface area contributed by atoms with Gasteiger partial charge in [0.2, 0.25) is 5.95 Å². The van der Waals surface area contributed by atoms with E-state index in [4.69, 9.17) is 9.72 Å². The molecule has 0 aliphatic carbocycles. The molecule has 0 saturated carbocycles. The van der Waals surface area contributed by atoms with Gasteiger partial charge in [0.05, 0.1) is 12.3 Å². The number of nitrogens with zero attached hydrogens (tertiary/aromatic N) is 6. The van der Waals surface area contributed by atoms with Crippen LogP contribution in [0, 0.1) is 5.92 Å². The normalized spacial score (nSPS) is 14.7. The second-order valence-electron chi connectivity index (χ2n) is 8.05. The molecule has 5 rings (SSSR count). The highest BCUT2D eigenvalue weighted by Gasteiger charge is 2.21. The first-order valence-corrected chi connectivity index (χ1v) is 12.0. The number of thiazole rings is 1. The van der Waals surface area contributed by atoms with E-state index in [2.05, 4.69) is 31.8 Å². The van der Waals surface area contributed by atoms with Gasteiger partial charge in [-0.2, -0.15) is 0 Å². The fourth-order valence-corrected chi connectivity index (χ4v) is 4.78. The second kappa shape index (κ2) is 9.56. The molecule has 8 heteroatoms. The average Bonchev–Trinajstić information content (AvgIpc) is 3.27. The molecule has 0 aromatic carbocycles. The van der Waals surface area contributed by atoms with Crippen LogP contribution in [0.25, 0.3) is 21.6 Å². The first kappa shape index (κ1) is 20.8. The van der Waals surface area contributed by atoms with Crippen LogP contribution < -0.4 is 9.64 Å². The standard InChI is InChI=1S/C24H26N6OS/c1-2-17-15-26-23(27-16-17)30-12-7-18(8-13-30)9-14-31-24-29-21-4-3-20(28-22(21)32-24)19-5-10-25-11-6-19/h3-6,10-11,15-16,18H,2,7-9,12-14H2,1H3. The van der Waals surface area contributed by atoms with Crippen LogP contribution in [-0.4, -0.2) is 44.6 Å². The van der Waals surface area contributed by atoms with Crippen LogP contribution in [0.5, 0.6) is 5.19 Å². The Morgan fingerprint density at radius 3 is 2.56 bits per heavy atom. The molecule has 7 nitrogen and oxygen atoms in total. The summed E-state index contributed by atoms with van der Waals surface area (Å²) in [6.07, 6.45) is 11.7. The lowest BCUT2D eigenvalue weighted by atomic mass is 9.94. The predicted octanol–water partition coefficient (Wildman–Crippen LogP) is 4.79. The van der Waals surface area contributed by atoms with Gasteiger partial charge in [-0.3, -0.25) is 4.98 Å². The van der Waals surface area contributed by atoms with Crippen molar-refractivity contribution in [2.24, 2.45) is 5.92 Å². The number of aryl methyl sites for hydroxylation is 1. The van der Waals surface area contributed by atoms with E-state index in [0.29, 0.717) is 17.7 Å². The number of hydrogen-bond acceptors (Lipinski definition) is 8. The van der Waals surface area contributed by atoms with E-state index >= 15 is 0 Å². The molecular weight excluding hydrogens is 420 g/mol. The molecule has 0 N–H and O–H groups in total.